The van der Waals surface area contributed by atoms with Gasteiger partial charge in [0.25, 0.3) is 0 Å². The van der Waals surface area contributed by atoms with Gasteiger partial charge in [0.1, 0.15) is 0 Å². The molecule has 0 bridgehead atoms. The first-order valence-electron chi connectivity index (χ1n) is 10.8. The van der Waals surface area contributed by atoms with Crippen molar-refractivity contribution in [3.63, 3.8) is 0 Å². The molecule has 0 fully saturated rings. The lowest BCUT2D eigenvalue weighted by Crippen LogP contribution is -2.34. The quantitative estimate of drug-likeness (QED) is 0.347. The molecular weight excluding hydrogens is 398 g/mol. The van der Waals surface area contributed by atoms with Gasteiger partial charge in [-0.25, -0.2) is 0 Å². The molecule has 1 heterocycles. The van der Waals surface area contributed by atoms with Gasteiger partial charge in [-0.2, -0.15) is 0 Å². The summed E-state index contributed by atoms with van der Waals surface area (Å²) in [4.78, 5) is 2.26. The zero-order valence-electron chi connectivity index (χ0n) is 18.4. The molecule has 4 aromatic rings. The van der Waals surface area contributed by atoms with Crippen LogP contribution < -0.4 is 5.32 Å². The van der Waals surface area contributed by atoms with Crippen LogP contribution in [0.1, 0.15) is 29.2 Å². The number of fused-ring (bicyclic) bond motifs is 1. The predicted molar refractivity (Wildman–Crippen MR) is 135 cm³/mol. The first-order valence-corrected chi connectivity index (χ1v) is 11.2. The Kier molecular flexibility index (Phi) is 6.38. The molecule has 0 aliphatic carbocycles. The van der Waals surface area contributed by atoms with E-state index in [1.165, 1.54) is 33.2 Å². The third-order valence-electron chi connectivity index (χ3n) is 5.79. The molecule has 158 valence electrons. The first-order chi connectivity index (χ1) is 15.1. The SMILES string of the molecule is CCn1cc(CN(Cc2ccccc2)C(=S)Nc2c(C)cccc2C)c2ccccc21. The van der Waals surface area contributed by atoms with Gasteiger partial charge in [-0.15, -0.1) is 0 Å². The van der Waals surface area contributed by atoms with Crippen LogP contribution in [-0.4, -0.2) is 14.6 Å². The molecule has 1 N–H and O–H groups in total. The van der Waals surface area contributed by atoms with Crippen molar-refractivity contribution in [1.82, 2.24) is 9.47 Å². The van der Waals surface area contributed by atoms with Crippen LogP contribution in [0, 0.1) is 13.8 Å². The van der Waals surface area contributed by atoms with Gasteiger partial charge in [-0.05, 0) is 61.3 Å². The van der Waals surface area contributed by atoms with Crippen molar-refractivity contribution < 1.29 is 0 Å². The number of anilines is 1. The molecule has 0 unspecified atom stereocenters. The highest BCUT2D eigenvalue weighted by molar-refractivity contribution is 7.80. The summed E-state index contributed by atoms with van der Waals surface area (Å²) >= 11 is 5.94. The lowest BCUT2D eigenvalue weighted by atomic mass is 10.1. The molecule has 0 saturated carbocycles. The average molecular weight is 428 g/mol. The van der Waals surface area contributed by atoms with Gasteiger partial charge >= 0.3 is 0 Å². The number of aromatic nitrogens is 1. The Balaban J connectivity index is 1.67. The summed E-state index contributed by atoms with van der Waals surface area (Å²) < 4.78 is 2.31. The standard InChI is InChI=1S/C27H29N3S/c1-4-29-18-23(24-15-8-9-16-25(24)29)19-30(17-22-13-6-5-7-14-22)27(31)28-26-20(2)11-10-12-21(26)3/h5-16,18H,4,17,19H2,1-3H3,(H,28,31). The van der Waals surface area contributed by atoms with E-state index in [1.807, 2.05) is 0 Å². The molecule has 0 spiro atoms. The Morgan fingerprint density at radius 2 is 1.55 bits per heavy atom. The zero-order chi connectivity index (χ0) is 21.8. The minimum atomic E-state index is 0.745. The van der Waals surface area contributed by atoms with Gasteiger partial charge in [0.2, 0.25) is 0 Å². The second-order valence-corrected chi connectivity index (χ2v) is 8.38. The van der Waals surface area contributed by atoms with Gasteiger partial charge in [-0.3, -0.25) is 0 Å². The van der Waals surface area contributed by atoms with Crippen molar-refractivity contribution >= 4 is 33.9 Å². The molecule has 0 aliphatic heterocycles. The number of hydrogen-bond acceptors (Lipinski definition) is 1. The minimum absolute atomic E-state index is 0.745. The Bertz CT molecular complexity index is 1170. The number of thiocarbonyl (C=S) groups is 1. The molecular formula is C27H29N3S. The van der Waals surface area contributed by atoms with Gasteiger partial charge in [0.05, 0.1) is 0 Å². The van der Waals surface area contributed by atoms with E-state index in [4.69, 9.17) is 12.2 Å². The third kappa shape index (κ3) is 4.64. The van der Waals surface area contributed by atoms with E-state index in [9.17, 15) is 0 Å². The third-order valence-corrected chi connectivity index (χ3v) is 6.15. The van der Waals surface area contributed by atoms with Crippen LogP contribution in [0.25, 0.3) is 10.9 Å². The Morgan fingerprint density at radius 3 is 2.26 bits per heavy atom. The van der Waals surface area contributed by atoms with E-state index in [1.54, 1.807) is 0 Å². The van der Waals surface area contributed by atoms with Gasteiger partial charge < -0.3 is 14.8 Å². The maximum absolute atomic E-state index is 5.94. The van der Waals surface area contributed by atoms with E-state index in [2.05, 4.69) is 115 Å². The summed E-state index contributed by atoms with van der Waals surface area (Å²) in [6, 6.07) is 25.5. The maximum Gasteiger partial charge on any atom is 0.174 e. The number of hydrogen-bond donors (Lipinski definition) is 1. The maximum atomic E-state index is 5.94. The molecule has 0 aliphatic rings. The van der Waals surface area contributed by atoms with Crippen LogP contribution in [-0.2, 0) is 19.6 Å². The van der Waals surface area contributed by atoms with E-state index >= 15 is 0 Å². The van der Waals surface area contributed by atoms with Crippen molar-refractivity contribution in [2.24, 2.45) is 0 Å². The lowest BCUT2D eigenvalue weighted by Gasteiger charge is -2.27. The van der Waals surface area contributed by atoms with E-state index < -0.39 is 0 Å². The molecule has 0 saturated heterocycles. The van der Waals surface area contributed by atoms with Crippen LogP contribution >= 0.6 is 12.2 Å². The summed E-state index contributed by atoms with van der Waals surface area (Å²) in [6.07, 6.45) is 2.27. The van der Waals surface area contributed by atoms with Gasteiger partial charge in [-0.1, -0.05) is 66.7 Å². The van der Waals surface area contributed by atoms with Gasteiger partial charge in [0.15, 0.2) is 5.11 Å². The number of aryl methyl sites for hydroxylation is 3. The molecule has 3 aromatic carbocycles. The first kappa shape index (κ1) is 21.1. The Morgan fingerprint density at radius 1 is 0.871 bits per heavy atom. The molecule has 31 heavy (non-hydrogen) atoms. The second kappa shape index (κ2) is 9.36. The highest BCUT2D eigenvalue weighted by Crippen LogP contribution is 2.25. The number of nitrogens with zero attached hydrogens (tertiary/aromatic N) is 2. The van der Waals surface area contributed by atoms with Crippen LogP contribution in [0.15, 0.2) is 79.0 Å². The van der Waals surface area contributed by atoms with Crippen molar-refractivity contribution in [3.05, 3.63) is 101 Å². The fraction of sp³-hybridized carbons (Fsp3) is 0.222. The monoisotopic (exact) mass is 427 g/mol. The lowest BCUT2D eigenvalue weighted by molar-refractivity contribution is 0.414. The van der Waals surface area contributed by atoms with E-state index in [0.29, 0.717) is 0 Å². The smallest absolute Gasteiger partial charge is 0.174 e. The molecule has 3 nitrogen and oxygen atoms in total. The molecule has 0 radical (unpaired) electrons. The highest BCUT2D eigenvalue weighted by Gasteiger charge is 2.16. The van der Waals surface area contributed by atoms with E-state index in [0.717, 1.165) is 30.4 Å². The topological polar surface area (TPSA) is 20.2 Å². The number of para-hydroxylation sites is 2. The fourth-order valence-corrected chi connectivity index (χ4v) is 4.35. The molecule has 4 heteroatoms. The zero-order valence-corrected chi connectivity index (χ0v) is 19.2. The Labute approximate surface area is 190 Å². The number of nitrogens with one attached hydrogen (secondary N) is 1. The highest BCUT2D eigenvalue weighted by atomic mass is 32.1. The largest absolute Gasteiger partial charge is 0.347 e. The van der Waals surface area contributed by atoms with Crippen LogP contribution in [0.5, 0.6) is 0 Å². The minimum Gasteiger partial charge on any atom is -0.347 e. The average Bonchev–Trinajstić information content (AvgIpc) is 3.14. The van der Waals surface area contributed by atoms with Crippen molar-refractivity contribution in [3.8, 4) is 0 Å². The number of rotatable bonds is 6. The molecule has 1 aromatic heterocycles. The molecule has 0 amide bonds. The van der Waals surface area contributed by atoms with Crippen molar-refractivity contribution in [1.29, 1.82) is 0 Å². The fourth-order valence-electron chi connectivity index (χ4n) is 4.12. The van der Waals surface area contributed by atoms with Crippen molar-refractivity contribution in [2.75, 3.05) is 5.32 Å². The summed E-state index contributed by atoms with van der Waals surface area (Å²) in [7, 11) is 0. The summed E-state index contributed by atoms with van der Waals surface area (Å²) in [6.45, 7) is 8.88. The van der Waals surface area contributed by atoms with E-state index in [-0.39, 0.29) is 0 Å². The Hall–Kier alpha value is -3.11. The summed E-state index contributed by atoms with van der Waals surface area (Å²) in [5, 5.41) is 5.57. The van der Waals surface area contributed by atoms with Crippen molar-refractivity contribution in [2.45, 2.75) is 40.4 Å². The predicted octanol–water partition coefficient (Wildman–Crippen LogP) is 6.68. The number of benzene rings is 3. The summed E-state index contributed by atoms with van der Waals surface area (Å²) in [5.41, 5.74) is 7.30. The van der Waals surface area contributed by atoms with Crippen LogP contribution in [0.3, 0.4) is 0 Å². The van der Waals surface area contributed by atoms with Crippen LogP contribution in [0.4, 0.5) is 5.69 Å². The summed E-state index contributed by atoms with van der Waals surface area (Å²) in [5.74, 6) is 0. The normalized spacial score (nSPS) is 10.9. The second-order valence-electron chi connectivity index (χ2n) is 8.00. The van der Waals surface area contributed by atoms with Crippen LogP contribution in [0.2, 0.25) is 0 Å². The molecule has 4 rings (SSSR count). The molecule has 0 atom stereocenters. The van der Waals surface area contributed by atoms with Gasteiger partial charge in [0, 0.05) is 42.4 Å².